The zero-order valence-electron chi connectivity index (χ0n) is 12.6. The standard InChI is InChI=1S/C13H24O10/c1-20-12-6(2-5(16)7(3-14)22-12)21-13-11(19)10(18)9(17)8(4-15)23-13/h5-19H,2-4H2,1H3/t5-,6-,7+,8+,9+,10-,11-,12+,13+/m0/s1. The Hall–Kier alpha value is -0.400. The van der Waals surface area contributed by atoms with E-state index in [1.165, 1.54) is 7.11 Å². The molecule has 23 heavy (non-hydrogen) atoms. The summed E-state index contributed by atoms with van der Waals surface area (Å²) in [6, 6.07) is 0. The van der Waals surface area contributed by atoms with Gasteiger partial charge in [-0.25, -0.2) is 0 Å². The third-order valence-corrected chi connectivity index (χ3v) is 4.09. The van der Waals surface area contributed by atoms with Gasteiger partial charge in [-0.05, 0) is 0 Å². The van der Waals surface area contributed by atoms with Crippen molar-refractivity contribution in [2.45, 2.75) is 61.7 Å². The Labute approximate surface area is 132 Å². The molecule has 2 rings (SSSR count). The van der Waals surface area contributed by atoms with Crippen LogP contribution in [0.3, 0.4) is 0 Å². The lowest BCUT2D eigenvalue weighted by atomic mass is 9.98. The number of aliphatic hydroxyl groups excluding tert-OH is 6. The second kappa shape index (κ2) is 8.12. The summed E-state index contributed by atoms with van der Waals surface area (Å²) in [6.45, 7) is -0.970. The van der Waals surface area contributed by atoms with Crippen LogP contribution in [0.15, 0.2) is 0 Å². The largest absolute Gasteiger partial charge is 0.394 e. The molecular formula is C13H24O10. The van der Waals surface area contributed by atoms with Crippen molar-refractivity contribution in [2.24, 2.45) is 0 Å². The molecule has 0 amide bonds. The van der Waals surface area contributed by atoms with E-state index >= 15 is 0 Å². The van der Waals surface area contributed by atoms with Gasteiger partial charge in [-0.2, -0.15) is 0 Å². The average Bonchev–Trinajstić information content (AvgIpc) is 2.55. The molecule has 0 unspecified atom stereocenters. The molecule has 10 heteroatoms. The van der Waals surface area contributed by atoms with Crippen LogP contribution in [-0.4, -0.2) is 106 Å². The molecule has 2 aliphatic rings. The summed E-state index contributed by atoms with van der Waals surface area (Å²) in [6.07, 6.45) is -10.6. The molecule has 6 N–H and O–H groups in total. The van der Waals surface area contributed by atoms with E-state index in [1.807, 2.05) is 0 Å². The molecule has 0 aromatic heterocycles. The molecule has 2 aliphatic heterocycles. The van der Waals surface area contributed by atoms with Crippen LogP contribution in [0.5, 0.6) is 0 Å². The summed E-state index contributed by atoms with van der Waals surface area (Å²) in [5, 5.41) is 57.6. The van der Waals surface area contributed by atoms with Gasteiger partial charge < -0.3 is 49.6 Å². The smallest absolute Gasteiger partial charge is 0.187 e. The minimum absolute atomic E-state index is 0.0404. The Morgan fingerprint density at radius 3 is 2.04 bits per heavy atom. The van der Waals surface area contributed by atoms with E-state index in [1.54, 1.807) is 0 Å². The van der Waals surface area contributed by atoms with E-state index in [-0.39, 0.29) is 6.42 Å². The molecule has 2 heterocycles. The fourth-order valence-electron chi connectivity index (χ4n) is 2.70. The fraction of sp³-hybridized carbons (Fsp3) is 1.00. The third-order valence-electron chi connectivity index (χ3n) is 4.09. The number of aliphatic hydroxyl groups is 6. The van der Waals surface area contributed by atoms with Crippen molar-refractivity contribution in [3.8, 4) is 0 Å². The van der Waals surface area contributed by atoms with Gasteiger partial charge >= 0.3 is 0 Å². The van der Waals surface area contributed by atoms with Crippen molar-refractivity contribution in [1.29, 1.82) is 0 Å². The van der Waals surface area contributed by atoms with Crippen LogP contribution in [0.4, 0.5) is 0 Å². The first-order valence-corrected chi connectivity index (χ1v) is 7.36. The normalized spacial score (nSPS) is 48.4. The Balaban J connectivity index is 2.04. The summed E-state index contributed by atoms with van der Waals surface area (Å²) in [4.78, 5) is 0. The first kappa shape index (κ1) is 18.9. The predicted octanol–water partition coefficient (Wildman–Crippen LogP) is -3.71. The second-order valence-corrected chi connectivity index (χ2v) is 5.64. The van der Waals surface area contributed by atoms with Gasteiger partial charge in [-0.1, -0.05) is 0 Å². The van der Waals surface area contributed by atoms with Crippen molar-refractivity contribution in [3.05, 3.63) is 0 Å². The Morgan fingerprint density at radius 1 is 0.870 bits per heavy atom. The molecule has 9 atom stereocenters. The number of hydrogen-bond donors (Lipinski definition) is 6. The molecule has 2 fully saturated rings. The highest BCUT2D eigenvalue weighted by molar-refractivity contribution is 4.90. The predicted molar refractivity (Wildman–Crippen MR) is 72.0 cm³/mol. The molecule has 2 saturated heterocycles. The first-order valence-electron chi connectivity index (χ1n) is 7.36. The lowest BCUT2D eigenvalue weighted by Crippen LogP contribution is -2.61. The number of rotatable bonds is 5. The van der Waals surface area contributed by atoms with Gasteiger partial charge in [0.2, 0.25) is 0 Å². The van der Waals surface area contributed by atoms with Crippen LogP contribution in [0.2, 0.25) is 0 Å². The van der Waals surface area contributed by atoms with Crippen LogP contribution in [0, 0.1) is 0 Å². The lowest BCUT2D eigenvalue weighted by Gasteiger charge is -2.43. The summed E-state index contributed by atoms with van der Waals surface area (Å²) in [5.74, 6) is 0. The quantitative estimate of drug-likeness (QED) is 0.294. The molecule has 136 valence electrons. The van der Waals surface area contributed by atoms with Crippen molar-refractivity contribution in [2.75, 3.05) is 20.3 Å². The minimum Gasteiger partial charge on any atom is -0.394 e. The highest BCUT2D eigenvalue weighted by Gasteiger charge is 2.47. The van der Waals surface area contributed by atoms with Crippen molar-refractivity contribution in [1.82, 2.24) is 0 Å². The molecule has 0 aromatic carbocycles. The van der Waals surface area contributed by atoms with Crippen LogP contribution in [0.1, 0.15) is 6.42 Å². The summed E-state index contributed by atoms with van der Waals surface area (Å²) < 4.78 is 21.2. The monoisotopic (exact) mass is 340 g/mol. The van der Waals surface area contributed by atoms with Crippen molar-refractivity contribution >= 4 is 0 Å². The van der Waals surface area contributed by atoms with Crippen LogP contribution < -0.4 is 0 Å². The number of methoxy groups -OCH3 is 1. The highest BCUT2D eigenvalue weighted by Crippen LogP contribution is 2.28. The molecular weight excluding hydrogens is 316 g/mol. The topological polar surface area (TPSA) is 158 Å². The van der Waals surface area contributed by atoms with Crippen LogP contribution >= 0.6 is 0 Å². The van der Waals surface area contributed by atoms with Gasteiger partial charge in [-0.15, -0.1) is 0 Å². The van der Waals surface area contributed by atoms with E-state index in [2.05, 4.69) is 0 Å². The molecule has 0 bridgehead atoms. The van der Waals surface area contributed by atoms with Gasteiger partial charge in [0.05, 0.1) is 19.3 Å². The summed E-state index contributed by atoms with van der Waals surface area (Å²) >= 11 is 0. The summed E-state index contributed by atoms with van der Waals surface area (Å²) in [5.41, 5.74) is 0. The number of ether oxygens (including phenoxy) is 4. The van der Waals surface area contributed by atoms with Gasteiger partial charge in [0.15, 0.2) is 12.6 Å². The Morgan fingerprint density at radius 2 is 1.48 bits per heavy atom. The second-order valence-electron chi connectivity index (χ2n) is 5.64. The van der Waals surface area contributed by atoms with Gasteiger partial charge in [0.1, 0.15) is 36.6 Å². The average molecular weight is 340 g/mol. The summed E-state index contributed by atoms with van der Waals surface area (Å²) in [7, 11) is 1.35. The SMILES string of the molecule is CO[C@@H]1O[C@H](CO)[C@@H](O)C[C@@H]1O[C@@H]1O[C@H](CO)[C@@H](O)[C@H](O)[C@@H]1O. The fourth-order valence-corrected chi connectivity index (χ4v) is 2.70. The molecule has 0 saturated carbocycles. The lowest BCUT2D eigenvalue weighted by molar-refractivity contribution is -0.348. The maximum absolute atomic E-state index is 9.95. The number of hydrogen-bond acceptors (Lipinski definition) is 10. The van der Waals surface area contributed by atoms with Crippen LogP contribution in [-0.2, 0) is 18.9 Å². The highest BCUT2D eigenvalue weighted by atomic mass is 16.7. The van der Waals surface area contributed by atoms with Crippen LogP contribution in [0.25, 0.3) is 0 Å². The maximum atomic E-state index is 9.95. The van der Waals surface area contributed by atoms with E-state index in [0.29, 0.717) is 0 Å². The van der Waals surface area contributed by atoms with E-state index < -0.39 is 68.5 Å². The minimum atomic E-state index is -1.56. The van der Waals surface area contributed by atoms with E-state index in [9.17, 15) is 20.4 Å². The zero-order valence-corrected chi connectivity index (χ0v) is 12.6. The Bertz CT molecular complexity index is 367. The van der Waals surface area contributed by atoms with Gasteiger partial charge in [0.25, 0.3) is 0 Å². The van der Waals surface area contributed by atoms with Gasteiger partial charge in [0, 0.05) is 13.5 Å². The maximum Gasteiger partial charge on any atom is 0.187 e. The zero-order chi connectivity index (χ0) is 17.1. The Kier molecular flexibility index (Phi) is 6.68. The van der Waals surface area contributed by atoms with Crippen molar-refractivity contribution in [3.63, 3.8) is 0 Å². The molecule has 10 nitrogen and oxygen atoms in total. The molecule has 0 radical (unpaired) electrons. The molecule has 0 spiro atoms. The molecule has 0 aromatic rings. The van der Waals surface area contributed by atoms with Crippen molar-refractivity contribution < 1.29 is 49.6 Å². The van der Waals surface area contributed by atoms with E-state index in [4.69, 9.17) is 29.2 Å². The van der Waals surface area contributed by atoms with E-state index in [0.717, 1.165) is 0 Å². The molecule has 0 aliphatic carbocycles. The third kappa shape index (κ3) is 3.99. The first-order chi connectivity index (χ1) is 10.9. The van der Waals surface area contributed by atoms with Gasteiger partial charge in [-0.3, -0.25) is 0 Å².